The second-order valence-electron chi connectivity index (χ2n) is 4.69. The molecule has 1 aliphatic heterocycles. The molecule has 1 N–H and O–H groups in total. The first-order valence-electron chi connectivity index (χ1n) is 6.35. The van der Waals surface area contributed by atoms with Crippen molar-refractivity contribution in [1.29, 1.82) is 0 Å². The Labute approximate surface area is 123 Å². The van der Waals surface area contributed by atoms with Crippen molar-refractivity contribution >= 4 is 19.4 Å². The quantitative estimate of drug-likeness (QED) is 0.849. The SMILES string of the molecule is CN1C=C(CNCP)C(c2ccccc2)N(C)S1(=O)=O. The van der Waals surface area contributed by atoms with Crippen molar-refractivity contribution in [2.75, 3.05) is 26.9 Å². The highest BCUT2D eigenvalue weighted by Crippen LogP contribution is 2.34. The van der Waals surface area contributed by atoms with E-state index in [4.69, 9.17) is 0 Å². The van der Waals surface area contributed by atoms with E-state index >= 15 is 0 Å². The van der Waals surface area contributed by atoms with E-state index in [1.54, 1.807) is 20.3 Å². The van der Waals surface area contributed by atoms with Gasteiger partial charge in [0, 0.05) is 33.1 Å². The zero-order valence-corrected chi connectivity index (χ0v) is 13.6. The van der Waals surface area contributed by atoms with E-state index in [9.17, 15) is 8.42 Å². The molecular weight excluding hydrogens is 293 g/mol. The van der Waals surface area contributed by atoms with Crippen LogP contribution in [0.15, 0.2) is 42.1 Å². The van der Waals surface area contributed by atoms with Gasteiger partial charge in [-0.3, -0.25) is 4.31 Å². The van der Waals surface area contributed by atoms with Crippen LogP contribution in [-0.2, 0) is 10.2 Å². The molecule has 0 radical (unpaired) electrons. The van der Waals surface area contributed by atoms with E-state index in [1.807, 2.05) is 30.3 Å². The van der Waals surface area contributed by atoms with Gasteiger partial charge in [-0.15, -0.1) is 9.24 Å². The van der Waals surface area contributed by atoms with Crippen molar-refractivity contribution in [3.05, 3.63) is 47.7 Å². The molecule has 0 aromatic heterocycles. The molecule has 0 amide bonds. The van der Waals surface area contributed by atoms with Crippen molar-refractivity contribution < 1.29 is 8.42 Å². The van der Waals surface area contributed by atoms with Crippen molar-refractivity contribution in [1.82, 2.24) is 13.9 Å². The molecule has 0 spiro atoms. The highest BCUT2D eigenvalue weighted by atomic mass is 32.2. The second-order valence-corrected chi connectivity index (χ2v) is 7.14. The Kier molecular flexibility index (Phi) is 4.81. The maximum atomic E-state index is 12.3. The van der Waals surface area contributed by atoms with Crippen LogP contribution in [0, 0.1) is 0 Å². The normalized spacial score (nSPS) is 22.6. The monoisotopic (exact) mass is 313 g/mol. The van der Waals surface area contributed by atoms with Crippen LogP contribution < -0.4 is 5.32 Å². The summed E-state index contributed by atoms with van der Waals surface area (Å²) in [6.07, 6.45) is 2.47. The molecular formula is C13H20N3O2PS. The molecule has 2 rings (SSSR count). The lowest BCUT2D eigenvalue weighted by Crippen LogP contribution is -2.45. The van der Waals surface area contributed by atoms with Gasteiger partial charge in [-0.2, -0.15) is 12.7 Å². The van der Waals surface area contributed by atoms with E-state index in [1.165, 1.54) is 8.61 Å². The van der Waals surface area contributed by atoms with E-state index in [0.29, 0.717) is 6.54 Å². The van der Waals surface area contributed by atoms with Gasteiger partial charge in [0.2, 0.25) is 0 Å². The minimum Gasteiger partial charge on any atom is -0.310 e. The summed E-state index contributed by atoms with van der Waals surface area (Å²) in [6.45, 7) is 0.646. The number of likely N-dealkylation sites (N-methyl/N-ethyl adjacent to an activating group) is 1. The molecule has 0 aliphatic carbocycles. The molecule has 5 nitrogen and oxygen atoms in total. The highest BCUT2D eigenvalue weighted by molar-refractivity contribution is 7.86. The van der Waals surface area contributed by atoms with Crippen molar-refractivity contribution in [3.8, 4) is 0 Å². The van der Waals surface area contributed by atoms with Crippen molar-refractivity contribution in [2.45, 2.75) is 6.04 Å². The number of hydrogen-bond acceptors (Lipinski definition) is 3. The van der Waals surface area contributed by atoms with Gasteiger partial charge in [0.15, 0.2) is 0 Å². The summed E-state index contributed by atoms with van der Waals surface area (Å²) in [5.41, 5.74) is 2.00. The molecule has 0 saturated carbocycles. The van der Waals surface area contributed by atoms with Gasteiger partial charge in [-0.25, -0.2) is 0 Å². The Morgan fingerprint density at radius 2 is 1.90 bits per heavy atom. The molecule has 1 aliphatic rings. The second kappa shape index (κ2) is 6.22. The summed E-state index contributed by atoms with van der Waals surface area (Å²) in [5.74, 6) is 0. The molecule has 1 aromatic carbocycles. The Morgan fingerprint density at radius 1 is 1.25 bits per heavy atom. The standard InChI is InChI=1S/C13H20N3O2PS/c1-15-9-12(8-14-10-19)13(16(2)20(15,17)18)11-6-4-3-5-7-11/h3-7,9,13-14H,8,10,19H2,1-2H3. The summed E-state index contributed by atoms with van der Waals surface area (Å²) in [5, 5.41) is 3.23. The van der Waals surface area contributed by atoms with Gasteiger partial charge in [0.1, 0.15) is 0 Å². The number of benzene rings is 1. The van der Waals surface area contributed by atoms with Gasteiger partial charge >= 0.3 is 10.2 Å². The average Bonchev–Trinajstić information content (AvgIpc) is 2.44. The Bertz CT molecular complexity index is 589. The van der Waals surface area contributed by atoms with E-state index in [2.05, 4.69) is 14.6 Å². The van der Waals surface area contributed by atoms with E-state index < -0.39 is 10.2 Å². The minimum atomic E-state index is -3.44. The lowest BCUT2D eigenvalue weighted by molar-refractivity contribution is 0.356. The maximum Gasteiger partial charge on any atom is 0.303 e. The summed E-state index contributed by atoms with van der Waals surface area (Å²) < 4.78 is 27.3. The van der Waals surface area contributed by atoms with Gasteiger partial charge in [0.25, 0.3) is 0 Å². The van der Waals surface area contributed by atoms with E-state index in [0.717, 1.165) is 17.4 Å². The first kappa shape index (κ1) is 15.4. The third-order valence-corrected chi connectivity index (χ3v) is 5.44. The van der Waals surface area contributed by atoms with Gasteiger partial charge in [0.05, 0.1) is 6.04 Å². The third kappa shape index (κ3) is 2.88. The topological polar surface area (TPSA) is 52.6 Å². The first-order chi connectivity index (χ1) is 9.48. The summed E-state index contributed by atoms with van der Waals surface area (Å²) in [4.78, 5) is 0. The van der Waals surface area contributed by atoms with Crippen LogP contribution in [-0.4, -0.2) is 44.0 Å². The summed E-state index contributed by atoms with van der Waals surface area (Å²) in [7, 11) is 2.35. The predicted molar refractivity (Wildman–Crippen MR) is 84.3 cm³/mol. The van der Waals surface area contributed by atoms with E-state index in [-0.39, 0.29) is 6.04 Å². The van der Waals surface area contributed by atoms with Gasteiger partial charge < -0.3 is 5.32 Å². The number of nitrogens with one attached hydrogen (secondary N) is 1. The van der Waals surface area contributed by atoms with Gasteiger partial charge in [-0.05, 0) is 11.1 Å². The fraction of sp³-hybridized carbons (Fsp3) is 0.385. The summed E-state index contributed by atoms with van der Waals surface area (Å²) >= 11 is 0. The Hall–Kier alpha value is -0.940. The number of hydrogen-bond donors (Lipinski definition) is 1. The van der Waals surface area contributed by atoms with Crippen LogP contribution in [0.25, 0.3) is 0 Å². The van der Waals surface area contributed by atoms with Crippen LogP contribution >= 0.6 is 9.24 Å². The highest BCUT2D eigenvalue weighted by Gasteiger charge is 2.36. The Balaban J connectivity index is 2.45. The largest absolute Gasteiger partial charge is 0.310 e. The van der Waals surface area contributed by atoms with Crippen LogP contribution in [0.4, 0.5) is 0 Å². The zero-order valence-electron chi connectivity index (χ0n) is 11.7. The Morgan fingerprint density at radius 3 is 2.50 bits per heavy atom. The van der Waals surface area contributed by atoms with Crippen LogP contribution in [0.5, 0.6) is 0 Å². The lowest BCUT2D eigenvalue weighted by atomic mass is 9.99. The van der Waals surface area contributed by atoms with Crippen LogP contribution in [0.2, 0.25) is 0 Å². The molecule has 20 heavy (non-hydrogen) atoms. The smallest absolute Gasteiger partial charge is 0.303 e. The zero-order chi connectivity index (χ0) is 14.8. The molecule has 0 saturated heterocycles. The van der Waals surface area contributed by atoms with Gasteiger partial charge in [-0.1, -0.05) is 30.3 Å². The molecule has 2 atom stereocenters. The molecule has 7 heteroatoms. The van der Waals surface area contributed by atoms with Crippen LogP contribution in [0.3, 0.4) is 0 Å². The number of nitrogens with zero attached hydrogens (tertiary/aromatic N) is 2. The maximum absolute atomic E-state index is 12.3. The van der Waals surface area contributed by atoms with Crippen molar-refractivity contribution in [3.63, 3.8) is 0 Å². The molecule has 0 bridgehead atoms. The molecule has 110 valence electrons. The number of rotatable bonds is 4. The predicted octanol–water partition coefficient (Wildman–Crippen LogP) is 1.16. The molecule has 1 aromatic rings. The first-order valence-corrected chi connectivity index (χ1v) is 8.57. The fourth-order valence-corrected chi connectivity index (χ4v) is 3.70. The lowest BCUT2D eigenvalue weighted by Gasteiger charge is -2.37. The molecule has 1 heterocycles. The van der Waals surface area contributed by atoms with Crippen molar-refractivity contribution in [2.24, 2.45) is 0 Å². The molecule has 0 fully saturated rings. The fourth-order valence-electron chi connectivity index (χ4n) is 2.36. The third-order valence-electron chi connectivity index (χ3n) is 3.38. The van der Waals surface area contributed by atoms with Crippen LogP contribution in [0.1, 0.15) is 11.6 Å². The minimum absolute atomic E-state index is 0.263. The molecule has 2 unspecified atom stereocenters. The average molecular weight is 313 g/mol. The summed E-state index contributed by atoms with van der Waals surface area (Å²) in [6, 6.07) is 9.43.